The van der Waals surface area contributed by atoms with E-state index in [4.69, 9.17) is 9.47 Å². The van der Waals surface area contributed by atoms with Crippen LogP contribution in [0, 0.1) is 55.4 Å². The van der Waals surface area contributed by atoms with Crippen molar-refractivity contribution in [1.29, 1.82) is 0 Å². The molecule has 4 aromatic carbocycles. The number of carbonyl (C=O) groups is 3. The maximum absolute atomic E-state index is 12.8. The molecule has 6 nitrogen and oxygen atoms in total. The highest BCUT2D eigenvalue weighted by Gasteiger charge is 2.35. The van der Waals surface area contributed by atoms with Gasteiger partial charge in [-0.25, -0.2) is 4.79 Å². The van der Waals surface area contributed by atoms with Crippen molar-refractivity contribution in [2.45, 2.75) is 111 Å². The Bertz CT molecular complexity index is 2090. The van der Waals surface area contributed by atoms with Crippen LogP contribution in [0.3, 0.4) is 0 Å². The van der Waals surface area contributed by atoms with E-state index in [2.05, 4.69) is 0 Å². The van der Waals surface area contributed by atoms with Gasteiger partial charge in [-0.15, -0.1) is 23.5 Å². The molecule has 0 saturated carbocycles. The van der Waals surface area contributed by atoms with Crippen molar-refractivity contribution < 1.29 is 29.0 Å². The summed E-state index contributed by atoms with van der Waals surface area (Å²) < 4.78 is 11.6. The topological polar surface area (TPSA) is 89.9 Å². The predicted molar refractivity (Wildman–Crippen MR) is 236 cm³/mol. The number of carbonyl (C=O) groups excluding carboxylic acids is 3. The van der Waals surface area contributed by atoms with Crippen molar-refractivity contribution in [3.05, 3.63) is 127 Å². The third-order valence-corrected chi connectivity index (χ3v) is 11.1. The summed E-state index contributed by atoms with van der Waals surface area (Å²) in [6, 6.07) is 15.4. The molecular weight excluding hydrogens is 737 g/mol. The smallest absolute Gasteiger partial charge is 0.350 e. The van der Waals surface area contributed by atoms with E-state index in [9.17, 15) is 19.5 Å². The van der Waals surface area contributed by atoms with Crippen LogP contribution in [-0.4, -0.2) is 46.4 Å². The lowest BCUT2D eigenvalue weighted by molar-refractivity contribution is -0.171. The average Bonchev–Trinajstić information content (AvgIpc) is 3.09. The molecule has 4 rings (SSSR count). The molecule has 0 radical (unpaired) electrons. The molecule has 0 unspecified atom stereocenters. The highest BCUT2D eigenvalue weighted by atomic mass is 32.2. The van der Waals surface area contributed by atoms with E-state index in [1.807, 2.05) is 143 Å². The number of thioether (sulfide) groups is 2. The maximum Gasteiger partial charge on any atom is 0.350 e. The van der Waals surface area contributed by atoms with Crippen molar-refractivity contribution in [3.63, 3.8) is 0 Å². The fourth-order valence-electron chi connectivity index (χ4n) is 6.39. The van der Waals surface area contributed by atoms with Crippen LogP contribution < -0.4 is 4.74 Å². The lowest BCUT2D eigenvalue weighted by Gasteiger charge is -2.30. The number of aryl methyl sites for hydroxylation is 8. The molecule has 0 spiro atoms. The molecule has 0 aliphatic rings. The highest BCUT2D eigenvalue weighted by Crippen LogP contribution is 2.31. The monoisotopic (exact) mass is 794 g/mol. The van der Waals surface area contributed by atoms with Crippen molar-refractivity contribution in [1.82, 2.24) is 0 Å². The van der Waals surface area contributed by atoms with E-state index >= 15 is 0 Å². The Kier molecular flexibility index (Phi) is 15.6. The average molecular weight is 795 g/mol. The number of ether oxygens (including phenoxy) is 2. The van der Waals surface area contributed by atoms with Crippen LogP contribution in [0.15, 0.2) is 70.5 Å². The van der Waals surface area contributed by atoms with Crippen LogP contribution in [0.5, 0.6) is 11.5 Å². The Morgan fingerprint density at radius 1 is 0.554 bits per heavy atom. The molecule has 8 heteroatoms. The summed E-state index contributed by atoms with van der Waals surface area (Å²) in [4.78, 5) is 40.2. The second-order valence-corrected chi connectivity index (χ2v) is 17.4. The Morgan fingerprint density at radius 3 is 1.21 bits per heavy atom. The van der Waals surface area contributed by atoms with Crippen molar-refractivity contribution >= 4 is 53.2 Å². The Labute approximate surface area is 343 Å². The van der Waals surface area contributed by atoms with Gasteiger partial charge in [0.2, 0.25) is 0 Å². The van der Waals surface area contributed by atoms with Gasteiger partial charge in [0.1, 0.15) is 17.1 Å². The second kappa shape index (κ2) is 19.1. The maximum atomic E-state index is 12.8. The summed E-state index contributed by atoms with van der Waals surface area (Å²) in [7, 11) is 0. The summed E-state index contributed by atoms with van der Waals surface area (Å²) in [5, 5.41) is 9.80. The first kappa shape index (κ1) is 45.9. The highest BCUT2D eigenvalue weighted by molar-refractivity contribution is 7.99. The fraction of sp³-hybridized carbons (Fsp3) is 0.354. The van der Waals surface area contributed by atoms with Crippen LogP contribution in [-0.2, 0) is 9.53 Å². The van der Waals surface area contributed by atoms with E-state index in [0.29, 0.717) is 22.6 Å². The van der Waals surface area contributed by atoms with Crippen LogP contribution >= 0.6 is 23.5 Å². The third kappa shape index (κ3) is 12.2. The van der Waals surface area contributed by atoms with Gasteiger partial charge < -0.3 is 14.6 Å². The third-order valence-electron chi connectivity index (χ3n) is 9.00. The molecule has 1 N–H and O–H groups in total. The molecule has 56 heavy (non-hydrogen) atoms. The normalized spacial score (nSPS) is 11.8. The molecule has 0 saturated heterocycles. The molecule has 0 aliphatic heterocycles. The summed E-state index contributed by atoms with van der Waals surface area (Å²) >= 11 is 3.40. The first-order chi connectivity index (χ1) is 26.0. The number of allylic oxidation sites excluding steroid dienone is 2. The van der Waals surface area contributed by atoms with Gasteiger partial charge in [0.25, 0.3) is 0 Å². The van der Waals surface area contributed by atoms with Crippen LogP contribution in [0.2, 0.25) is 0 Å². The summed E-state index contributed by atoms with van der Waals surface area (Å²) in [5.74, 6) is 0.504. The molecule has 0 amide bonds. The van der Waals surface area contributed by atoms with Gasteiger partial charge in [-0.05, 0) is 219 Å². The van der Waals surface area contributed by atoms with E-state index in [-0.39, 0.29) is 11.6 Å². The Morgan fingerprint density at radius 2 is 0.893 bits per heavy atom. The van der Waals surface area contributed by atoms with Gasteiger partial charge in [-0.1, -0.05) is 12.2 Å². The first-order valence-electron chi connectivity index (χ1n) is 18.6. The number of hydrogen-bond donors (Lipinski definition) is 1. The number of phenolic OH excluding ortho intramolecular Hbond substituents is 1. The molecule has 0 atom stereocenters. The fourth-order valence-corrected chi connectivity index (χ4v) is 7.91. The molecule has 4 aromatic rings. The predicted octanol–water partition coefficient (Wildman–Crippen LogP) is 12.3. The quantitative estimate of drug-likeness (QED) is 0.0695. The van der Waals surface area contributed by atoms with Crippen LogP contribution in [0.25, 0.3) is 12.2 Å². The number of hydrogen-bond acceptors (Lipinski definition) is 8. The largest absolute Gasteiger partial charge is 0.507 e. The zero-order chi connectivity index (χ0) is 42.3. The van der Waals surface area contributed by atoms with Gasteiger partial charge in [0, 0.05) is 20.9 Å². The summed E-state index contributed by atoms with van der Waals surface area (Å²) in [6.45, 7) is 24.6. The molecule has 0 bridgehead atoms. The number of benzene rings is 4. The van der Waals surface area contributed by atoms with E-state index in [1.165, 1.54) is 9.79 Å². The Hall–Kier alpha value is -4.53. The molecule has 0 aliphatic carbocycles. The summed E-state index contributed by atoms with van der Waals surface area (Å²) in [6.07, 6.45) is 10.9. The second-order valence-electron chi connectivity index (χ2n) is 15.8. The van der Waals surface area contributed by atoms with Crippen molar-refractivity contribution in [3.8, 4) is 11.5 Å². The number of esters is 1. The number of rotatable bonds is 11. The molecule has 0 aromatic heterocycles. The minimum absolute atomic E-state index is 0.00719. The van der Waals surface area contributed by atoms with Crippen LogP contribution in [0.4, 0.5) is 0 Å². The zero-order valence-corrected chi connectivity index (χ0v) is 37.4. The lowest BCUT2D eigenvalue weighted by Crippen LogP contribution is -2.43. The Balaban J connectivity index is 0.000000320. The minimum atomic E-state index is -1.13. The standard InChI is InChI=1S/C28H36O4S.C20H22O2S/c1-17-13-21(11-12-23(29)22-15-19(3)25(33-10)20(4)16-22)14-18(2)24(17)31-28(8,9)26(30)32-27(5,6)7;1-12-8-16(9-13(2)19(12)22)6-7-18(21)17-10-14(3)20(23-5)15(4)11-17/h11-16H,1-10H3;6-11,22H,1-5H3/b12-11+;7-6+. The van der Waals surface area contributed by atoms with Gasteiger partial charge in [0.15, 0.2) is 17.2 Å². The molecule has 298 valence electrons. The molecule has 0 fully saturated rings. The molecule has 0 heterocycles. The van der Waals surface area contributed by atoms with Gasteiger partial charge in [0.05, 0.1) is 0 Å². The summed E-state index contributed by atoms with van der Waals surface area (Å²) in [5.41, 5.74) is 9.37. The van der Waals surface area contributed by atoms with Crippen molar-refractivity contribution in [2.24, 2.45) is 0 Å². The lowest BCUT2D eigenvalue weighted by atomic mass is 10.0. The van der Waals surface area contributed by atoms with Gasteiger partial charge in [-0.3, -0.25) is 9.59 Å². The number of phenols is 1. The van der Waals surface area contributed by atoms with Gasteiger partial charge >= 0.3 is 5.97 Å². The number of aromatic hydroxyl groups is 1. The number of ketones is 2. The molecular formula is C48H58O6S2. The minimum Gasteiger partial charge on any atom is -0.507 e. The zero-order valence-electron chi connectivity index (χ0n) is 35.7. The van der Waals surface area contributed by atoms with Crippen molar-refractivity contribution in [2.75, 3.05) is 12.5 Å². The first-order valence-corrected chi connectivity index (χ1v) is 21.0. The van der Waals surface area contributed by atoms with E-state index in [1.54, 1.807) is 55.6 Å². The SMILES string of the molecule is CSc1c(C)cc(C(=O)/C=C/c2cc(C)c(O)c(C)c2)cc1C.CSc1c(C)cc(C(=O)/C=C/c2cc(C)c(OC(C)(C)C(=O)OC(C)(C)C)c(C)c2)cc1C. The van der Waals surface area contributed by atoms with Gasteiger partial charge in [-0.2, -0.15) is 0 Å². The van der Waals surface area contributed by atoms with E-state index < -0.39 is 17.2 Å². The van der Waals surface area contributed by atoms with E-state index in [0.717, 1.165) is 55.6 Å². The van der Waals surface area contributed by atoms with Crippen LogP contribution in [0.1, 0.15) is 111 Å².